The summed E-state index contributed by atoms with van der Waals surface area (Å²) in [4.78, 5) is 25.1. The van der Waals surface area contributed by atoms with Crippen molar-refractivity contribution in [2.24, 2.45) is 0 Å². The maximum atomic E-state index is 12.6. The highest BCUT2D eigenvalue weighted by atomic mass is 16.5. The Labute approximate surface area is 140 Å². The fourth-order valence-electron chi connectivity index (χ4n) is 2.63. The lowest BCUT2D eigenvalue weighted by Crippen LogP contribution is -2.48. The zero-order valence-corrected chi connectivity index (χ0v) is 13.8. The van der Waals surface area contributed by atoms with Crippen LogP contribution in [0.25, 0.3) is 0 Å². The van der Waals surface area contributed by atoms with Gasteiger partial charge in [-0.15, -0.1) is 0 Å². The lowest BCUT2D eigenvalue weighted by molar-refractivity contribution is -0.123. The number of benzene rings is 1. The van der Waals surface area contributed by atoms with Gasteiger partial charge in [-0.2, -0.15) is 0 Å². The Bertz CT molecular complexity index is 716. The lowest BCUT2D eigenvalue weighted by atomic mass is 10.0. The summed E-state index contributed by atoms with van der Waals surface area (Å²) in [5, 5.41) is 9.59. The molecule has 1 aromatic heterocycles. The lowest BCUT2D eigenvalue weighted by Gasteiger charge is -2.18. The quantitative estimate of drug-likeness (QED) is 0.849. The Hall–Kier alpha value is -2.63. The number of rotatable bonds is 6. The molecular weight excluding hydrogens is 306 g/mol. The van der Waals surface area contributed by atoms with Gasteiger partial charge >= 0.3 is 0 Å². The maximum absolute atomic E-state index is 12.6. The molecule has 0 spiro atoms. The first-order chi connectivity index (χ1) is 11.5. The van der Waals surface area contributed by atoms with E-state index < -0.39 is 6.04 Å². The van der Waals surface area contributed by atoms with E-state index in [9.17, 15) is 9.59 Å². The second kappa shape index (κ2) is 6.86. The summed E-state index contributed by atoms with van der Waals surface area (Å²) < 4.78 is 5.04. The zero-order chi connectivity index (χ0) is 17.1. The highest BCUT2D eigenvalue weighted by Gasteiger charge is 2.29. The molecule has 6 heteroatoms. The van der Waals surface area contributed by atoms with Crippen molar-refractivity contribution in [3.05, 3.63) is 52.9 Å². The van der Waals surface area contributed by atoms with Crippen molar-refractivity contribution in [2.75, 3.05) is 0 Å². The van der Waals surface area contributed by atoms with Crippen LogP contribution in [0.1, 0.15) is 40.2 Å². The van der Waals surface area contributed by atoms with Gasteiger partial charge in [0.25, 0.3) is 5.91 Å². The average molecular weight is 327 g/mol. The largest absolute Gasteiger partial charge is 0.361 e. The van der Waals surface area contributed by atoms with Crippen LogP contribution in [0.2, 0.25) is 0 Å². The van der Waals surface area contributed by atoms with Gasteiger partial charge in [-0.25, -0.2) is 0 Å². The Morgan fingerprint density at radius 1 is 1.25 bits per heavy atom. The number of carbonyl (C=O) groups is 2. The molecule has 1 atom stereocenters. The van der Waals surface area contributed by atoms with E-state index in [1.165, 1.54) is 0 Å². The molecule has 1 unspecified atom stereocenters. The fraction of sp³-hybridized carbons (Fsp3) is 0.389. The van der Waals surface area contributed by atoms with E-state index in [1.54, 1.807) is 13.8 Å². The van der Waals surface area contributed by atoms with Crippen molar-refractivity contribution in [3.8, 4) is 0 Å². The maximum Gasteiger partial charge on any atom is 0.257 e. The van der Waals surface area contributed by atoms with Gasteiger partial charge in [-0.1, -0.05) is 35.5 Å². The molecule has 0 saturated heterocycles. The molecule has 2 amide bonds. The van der Waals surface area contributed by atoms with Crippen LogP contribution in [-0.2, 0) is 11.2 Å². The van der Waals surface area contributed by atoms with Gasteiger partial charge in [-0.05, 0) is 32.3 Å². The van der Waals surface area contributed by atoms with Gasteiger partial charge in [0.15, 0.2) is 0 Å². The molecule has 1 aliphatic carbocycles. The first-order valence-corrected chi connectivity index (χ1v) is 8.12. The van der Waals surface area contributed by atoms with E-state index in [0.29, 0.717) is 23.4 Å². The van der Waals surface area contributed by atoms with Gasteiger partial charge in [-0.3, -0.25) is 9.59 Å². The van der Waals surface area contributed by atoms with Crippen LogP contribution < -0.4 is 10.6 Å². The number of nitrogens with one attached hydrogen (secondary N) is 2. The highest BCUT2D eigenvalue weighted by Crippen LogP contribution is 2.19. The van der Waals surface area contributed by atoms with Crippen LogP contribution in [-0.4, -0.2) is 29.1 Å². The van der Waals surface area contributed by atoms with Gasteiger partial charge in [0.2, 0.25) is 5.91 Å². The molecule has 0 radical (unpaired) electrons. The van der Waals surface area contributed by atoms with Crippen molar-refractivity contribution < 1.29 is 14.1 Å². The van der Waals surface area contributed by atoms with Crippen LogP contribution in [0, 0.1) is 13.8 Å². The topological polar surface area (TPSA) is 84.2 Å². The number of hydrogen-bond acceptors (Lipinski definition) is 4. The standard InChI is InChI=1S/C18H21N3O3/c1-11-16(12(2)24-21-11)18(23)20-15(17(22)19-14-8-9-14)10-13-6-4-3-5-7-13/h3-7,14-15H,8-10H2,1-2H3,(H,19,22)(H,20,23). The van der Waals surface area contributed by atoms with Crippen LogP contribution in [0.15, 0.2) is 34.9 Å². The summed E-state index contributed by atoms with van der Waals surface area (Å²) in [7, 11) is 0. The van der Waals surface area contributed by atoms with E-state index in [4.69, 9.17) is 4.52 Å². The van der Waals surface area contributed by atoms with Gasteiger partial charge in [0, 0.05) is 12.5 Å². The number of carbonyl (C=O) groups excluding carboxylic acids is 2. The van der Waals surface area contributed by atoms with Crippen LogP contribution in [0.4, 0.5) is 0 Å². The molecule has 1 heterocycles. The van der Waals surface area contributed by atoms with E-state index in [0.717, 1.165) is 18.4 Å². The summed E-state index contributed by atoms with van der Waals surface area (Å²) >= 11 is 0. The minimum atomic E-state index is -0.630. The van der Waals surface area contributed by atoms with Crippen molar-refractivity contribution in [1.82, 2.24) is 15.8 Å². The molecule has 2 N–H and O–H groups in total. The minimum Gasteiger partial charge on any atom is -0.361 e. The van der Waals surface area contributed by atoms with Gasteiger partial charge in [0.05, 0.1) is 5.69 Å². The molecule has 126 valence electrons. The summed E-state index contributed by atoms with van der Waals surface area (Å²) in [6.07, 6.45) is 2.44. The van der Waals surface area contributed by atoms with Crippen molar-refractivity contribution in [2.45, 2.75) is 45.2 Å². The molecule has 2 aromatic rings. The summed E-state index contributed by atoms with van der Waals surface area (Å²) in [5.41, 5.74) is 1.91. The number of amides is 2. The minimum absolute atomic E-state index is 0.151. The summed E-state index contributed by atoms with van der Waals surface area (Å²) in [5.74, 6) is -0.0364. The normalized spacial score (nSPS) is 14.9. The van der Waals surface area contributed by atoms with E-state index in [1.807, 2.05) is 30.3 Å². The number of aryl methyl sites for hydroxylation is 2. The Morgan fingerprint density at radius 2 is 1.96 bits per heavy atom. The first kappa shape index (κ1) is 16.2. The molecule has 24 heavy (non-hydrogen) atoms. The highest BCUT2D eigenvalue weighted by molar-refractivity contribution is 5.99. The smallest absolute Gasteiger partial charge is 0.257 e. The van der Waals surface area contributed by atoms with E-state index in [-0.39, 0.29) is 17.9 Å². The Balaban J connectivity index is 1.75. The third-order valence-corrected chi connectivity index (χ3v) is 4.09. The van der Waals surface area contributed by atoms with Crippen molar-refractivity contribution in [3.63, 3.8) is 0 Å². The van der Waals surface area contributed by atoms with E-state index >= 15 is 0 Å². The van der Waals surface area contributed by atoms with Crippen molar-refractivity contribution in [1.29, 1.82) is 0 Å². The molecule has 0 aliphatic heterocycles. The van der Waals surface area contributed by atoms with E-state index in [2.05, 4.69) is 15.8 Å². The molecule has 3 rings (SSSR count). The molecule has 1 fully saturated rings. The van der Waals surface area contributed by atoms with Crippen LogP contribution in [0.5, 0.6) is 0 Å². The second-order valence-corrected chi connectivity index (χ2v) is 6.20. The van der Waals surface area contributed by atoms with Gasteiger partial charge < -0.3 is 15.2 Å². The van der Waals surface area contributed by atoms with Crippen molar-refractivity contribution >= 4 is 11.8 Å². The number of hydrogen-bond donors (Lipinski definition) is 2. The average Bonchev–Trinajstić information content (AvgIpc) is 3.31. The summed E-state index contributed by atoms with van der Waals surface area (Å²) in [6.45, 7) is 3.40. The molecule has 0 bridgehead atoms. The third-order valence-electron chi connectivity index (χ3n) is 4.09. The molecular formula is C18H21N3O3. The number of aromatic nitrogens is 1. The van der Waals surface area contributed by atoms with Crippen LogP contribution in [0.3, 0.4) is 0 Å². The number of nitrogens with zero attached hydrogens (tertiary/aromatic N) is 1. The zero-order valence-electron chi connectivity index (χ0n) is 13.8. The first-order valence-electron chi connectivity index (χ1n) is 8.12. The third kappa shape index (κ3) is 3.82. The predicted octanol–water partition coefficient (Wildman–Crippen LogP) is 1.91. The summed E-state index contributed by atoms with van der Waals surface area (Å²) in [6, 6.07) is 9.26. The van der Waals surface area contributed by atoms with Crippen LogP contribution >= 0.6 is 0 Å². The molecule has 1 aliphatic rings. The van der Waals surface area contributed by atoms with Gasteiger partial charge in [0.1, 0.15) is 17.4 Å². The SMILES string of the molecule is Cc1noc(C)c1C(=O)NC(Cc1ccccc1)C(=O)NC1CC1. The Kier molecular flexibility index (Phi) is 4.64. The Morgan fingerprint density at radius 3 is 2.54 bits per heavy atom. The second-order valence-electron chi connectivity index (χ2n) is 6.20. The fourth-order valence-corrected chi connectivity index (χ4v) is 2.63. The monoisotopic (exact) mass is 327 g/mol. The molecule has 1 saturated carbocycles. The molecule has 1 aromatic carbocycles. The predicted molar refractivity (Wildman–Crippen MR) is 88.5 cm³/mol. The molecule has 6 nitrogen and oxygen atoms in total.